The number of aliphatic imine (C=N–C) groups is 1. The number of nitrogens with zero attached hydrogens (tertiary/aromatic N) is 1. The molecule has 0 unspecified atom stereocenters. The lowest BCUT2D eigenvalue weighted by atomic mass is 10.1. The molecule has 3 heteroatoms. The van der Waals surface area contributed by atoms with E-state index in [1.807, 2.05) is 0 Å². The van der Waals surface area contributed by atoms with Gasteiger partial charge in [0.1, 0.15) is 5.82 Å². The number of ketones is 1. The van der Waals surface area contributed by atoms with Gasteiger partial charge >= 0.3 is 0 Å². The summed E-state index contributed by atoms with van der Waals surface area (Å²) in [6, 6.07) is 4.39. The average molecular weight is 177 g/mol. The van der Waals surface area contributed by atoms with Gasteiger partial charge in [-0.3, -0.25) is 9.79 Å². The van der Waals surface area contributed by atoms with Gasteiger partial charge in [0.15, 0.2) is 5.78 Å². The first-order valence-corrected chi connectivity index (χ1v) is 4.11. The van der Waals surface area contributed by atoms with Crippen LogP contribution in [0.25, 0.3) is 0 Å². The number of hydrogen-bond acceptors (Lipinski definition) is 2. The van der Waals surface area contributed by atoms with Crippen molar-refractivity contribution in [3.8, 4) is 0 Å². The van der Waals surface area contributed by atoms with Crippen molar-refractivity contribution in [2.24, 2.45) is 4.99 Å². The molecule has 0 atom stereocenters. The molecule has 0 spiro atoms. The van der Waals surface area contributed by atoms with E-state index < -0.39 is 0 Å². The van der Waals surface area contributed by atoms with E-state index in [1.54, 1.807) is 6.07 Å². The van der Waals surface area contributed by atoms with Crippen LogP contribution in [-0.2, 0) is 11.2 Å². The molecule has 0 radical (unpaired) electrons. The van der Waals surface area contributed by atoms with Crippen molar-refractivity contribution in [3.63, 3.8) is 0 Å². The second-order valence-electron chi connectivity index (χ2n) is 3.00. The first-order chi connectivity index (χ1) is 6.25. The maximum absolute atomic E-state index is 12.8. The molecule has 0 saturated carbocycles. The topological polar surface area (TPSA) is 29.4 Å². The summed E-state index contributed by atoms with van der Waals surface area (Å²) in [5.41, 5.74) is 1.51. The van der Waals surface area contributed by atoms with Crippen LogP contribution in [0.2, 0.25) is 0 Å². The van der Waals surface area contributed by atoms with E-state index in [1.165, 1.54) is 18.3 Å². The number of fused-ring (bicyclic) bond motifs is 1. The maximum Gasteiger partial charge on any atom is 0.174 e. The van der Waals surface area contributed by atoms with Crippen LogP contribution in [0.5, 0.6) is 0 Å². The zero-order valence-corrected chi connectivity index (χ0v) is 6.96. The van der Waals surface area contributed by atoms with Gasteiger partial charge in [0.25, 0.3) is 0 Å². The molecule has 2 nitrogen and oxygen atoms in total. The molecule has 1 heterocycles. The summed E-state index contributed by atoms with van der Waals surface area (Å²) in [7, 11) is 0. The Bertz CT molecular complexity index is 385. The standard InChI is InChI=1S/C10H8FNO/c11-8-2-4-10-7(5-8)1-3-9(13)6-12-10/h2,4-6H,1,3H2. The summed E-state index contributed by atoms with van der Waals surface area (Å²) < 4.78 is 12.8. The summed E-state index contributed by atoms with van der Waals surface area (Å²) in [6.45, 7) is 0. The maximum atomic E-state index is 12.8. The summed E-state index contributed by atoms with van der Waals surface area (Å²) in [4.78, 5) is 15.0. The Hall–Kier alpha value is -1.51. The van der Waals surface area contributed by atoms with Crippen LogP contribution in [0.1, 0.15) is 12.0 Å². The van der Waals surface area contributed by atoms with Crippen molar-refractivity contribution in [1.29, 1.82) is 0 Å². The van der Waals surface area contributed by atoms with Crippen LogP contribution in [0.3, 0.4) is 0 Å². The van der Waals surface area contributed by atoms with Gasteiger partial charge in [-0.25, -0.2) is 4.39 Å². The Labute approximate surface area is 75.1 Å². The first-order valence-electron chi connectivity index (χ1n) is 4.11. The second-order valence-corrected chi connectivity index (χ2v) is 3.00. The molecule has 66 valence electrons. The third kappa shape index (κ3) is 1.64. The van der Waals surface area contributed by atoms with Gasteiger partial charge in [0.2, 0.25) is 0 Å². The molecule has 0 N–H and O–H groups in total. The Balaban J connectivity index is 2.46. The molecule has 0 aromatic heterocycles. The fourth-order valence-electron chi connectivity index (χ4n) is 1.34. The van der Waals surface area contributed by atoms with E-state index in [4.69, 9.17) is 0 Å². The van der Waals surface area contributed by atoms with E-state index in [-0.39, 0.29) is 11.6 Å². The fourth-order valence-corrected chi connectivity index (χ4v) is 1.34. The van der Waals surface area contributed by atoms with Crippen molar-refractivity contribution in [2.75, 3.05) is 0 Å². The minimum absolute atomic E-state index is 0.00314. The highest BCUT2D eigenvalue weighted by Crippen LogP contribution is 2.23. The molecular weight excluding hydrogens is 169 g/mol. The van der Waals surface area contributed by atoms with Crippen molar-refractivity contribution in [2.45, 2.75) is 12.8 Å². The zero-order valence-electron chi connectivity index (χ0n) is 6.96. The number of Topliss-reactive ketones (excluding diaryl/α,β-unsaturated/α-hetero) is 1. The van der Waals surface area contributed by atoms with Gasteiger partial charge in [0.05, 0.1) is 11.9 Å². The number of benzene rings is 1. The highest BCUT2D eigenvalue weighted by atomic mass is 19.1. The van der Waals surface area contributed by atoms with Gasteiger partial charge in [-0.2, -0.15) is 0 Å². The third-order valence-corrected chi connectivity index (χ3v) is 2.03. The lowest BCUT2D eigenvalue weighted by molar-refractivity contribution is -0.112. The molecule has 0 fully saturated rings. The average Bonchev–Trinajstić information content (AvgIpc) is 2.29. The van der Waals surface area contributed by atoms with Gasteiger partial charge in [-0.05, 0) is 30.2 Å². The largest absolute Gasteiger partial charge is 0.293 e. The Morgan fingerprint density at radius 1 is 1.31 bits per heavy atom. The molecule has 1 aromatic rings. The quantitative estimate of drug-likeness (QED) is 0.596. The molecule has 0 amide bonds. The number of hydrogen-bond donors (Lipinski definition) is 0. The van der Waals surface area contributed by atoms with Crippen LogP contribution < -0.4 is 0 Å². The minimum Gasteiger partial charge on any atom is -0.293 e. The third-order valence-electron chi connectivity index (χ3n) is 2.03. The lowest BCUT2D eigenvalue weighted by Gasteiger charge is -2.00. The van der Waals surface area contributed by atoms with Crippen molar-refractivity contribution in [1.82, 2.24) is 0 Å². The van der Waals surface area contributed by atoms with Crippen LogP contribution in [0.4, 0.5) is 10.1 Å². The van der Waals surface area contributed by atoms with Gasteiger partial charge in [-0.15, -0.1) is 0 Å². The molecular formula is C10H8FNO. The number of halogens is 1. The van der Waals surface area contributed by atoms with E-state index in [9.17, 15) is 9.18 Å². The molecule has 0 saturated heterocycles. The summed E-state index contributed by atoms with van der Waals surface area (Å²) in [6.07, 6.45) is 2.30. The normalized spacial score (nSPS) is 15.3. The smallest absolute Gasteiger partial charge is 0.174 e. The summed E-state index contributed by atoms with van der Waals surface area (Å²) >= 11 is 0. The Morgan fingerprint density at radius 2 is 2.15 bits per heavy atom. The molecule has 2 rings (SSSR count). The molecule has 1 aromatic carbocycles. The van der Waals surface area contributed by atoms with E-state index in [0.29, 0.717) is 18.5 Å². The summed E-state index contributed by atoms with van der Waals surface area (Å²) in [5.74, 6) is -0.278. The highest BCUT2D eigenvalue weighted by Gasteiger charge is 2.09. The van der Waals surface area contributed by atoms with E-state index >= 15 is 0 Å². The van der Waals surface area contributed by atoms with Gasteiger partial charge in [0, 0.05) is 6.42 Å². The molecule has 0 bridgehead atoms. The van der Waals surface area contributed by atoms with Crippen LogP contribution in [-0.4, -0.2) is 12.0 Å². The fraction of sp³-hybridized carbons (Fsp3) is 0.200. The van der Waals surface area contributed by atoms with Crippen LogP contribution >= 0.6 is 0 Å². The van der Waals surface area contributed by atoms with E-state index in [2.05, 4.69) is 4.99 Å². The Morgan fingerprint density at radius 3 is 3.00 bits per heavy atom. The molecule has 13 heavy (non-hydrogen) atoms. The number of carbonyl (C=O) groups is 1. The van der Waals surface area contributed by atoms with Crippen LogP contribution in [0, 0.1) is 5.82 Å². The van der Waals surface area contributed by atoms with E-state index in [0.717, 1.165) is 5.56 Å². The number of rotatable bonds is 0. The lowest BCUT2D eigenvalue weighted by Crippen LogP contribution is -1.97. The number of carbonyl (C=O) groups excluding carboxylic acids is 1. The van der Waals surface area contributed by atoms with Crippen molar-refractivity contribution in [3.05, 3.63) is 29.6 Å². The highest BCUT2D eigenvalue weighted by molar-refractivity contribution is 6.28. The van der Waals surface area contributed by atoms with Gasteiger partial charge in [-0.1, -0.05) is 0 Å². The first kappa shape index (κ1) is 8.10. The SMILES string of the molecule is O=C1C=Nc2ccc(F)cc2CC1. The monoisotopic (exact) mass is 177 g/mol. The molecule has 1 aliphatic rings. The Kier molecular flexibility index (Phi) is 1.93. The predicted molar refractivity (Wildman–Crippen MR) is 47.9 cm³/mol. The minimum atomic E-state index is -0.275. The van der Waals surface area contributed by atoms with Crippen LogP contribution in [0.15, 0.2) is 23.2 Å². The number of aryl methyl sites for hydroxylation is 1. The zero-order chi connectivity index (χ0) is 9.26. The molecule has 0 aliphatic carbocycles. The molecule has 1 aliphatic heterocycles. The van der Waals surface area contributed by atoms with Crippen molar-refractivity contribution < 1.29 is 9.18 Å². The summed E-state index contributed by atoms with van der Waals surface area (Å²) in [5, 5.41) is 0. The predicted octanol–water partition coefficient (Wildman–Crippen LogP) is 2.04. The van der Waals surface area contributed by atoms with Crippen molar-refractivity contribution >= 4 is 17.7 Å². The van der Waals surface area contributed by atoms with Gasteiger partial charge < -0.3 is 0 Å². The second kappa shape index (κ2) is 3.09.